The molecule has 10 heteroatoms. The van der Waals surface area contributed by atoms with Crippen LogP contribution in [0.5, 0.6) is 0 Å². The topological polar surface area (TPSA) is 92.4 Å². The van der Waals surface area contributed by atoms with Crippen LogP contribution in [0.4, 0.5) is 23.2 Å². The zero-order valence-corrected chi connectivity index (χ0v) is 16.8. The first-order valence-electron chi connectivity index (χ1n) is 8.84. The number of amides is 1. The van der Waals surface area contributed by atoms with Crippen molar-refractivity contribution in [2.24, 2.45) is 5.73 Å². The van der Waals surface area contributed by atoms with Crippen LogP contribution in [0, 0.1) is 12.7 Å². The van der Waals surface area contributed by atoms with Gasteiger partial charge in [-0.2, -0.15) is 13.2 Å². The highest BCUT2D eigenvalue weighted by Crippen LogP contribution is 2.35. The summed E-state index contributed by atoms with van der Waals surface area (Å²) in [5, 5.41) is 11.5. The number of carbonyl (C=O) groups excluding carboxylic acids is 1. The maximum absolute atomic E-state index is 13.6. The van der Waals surface area contributed by atoms with Crippen LogP contribution < -0.4 is 11.1 Å². The molecule has 0 bridgehead atoms. The standard InChI is InChI=1S/C21H16F4N2O3S/c1-10-6-16(18(31-10)17(26)11-2-4-12(5-3-11)20(29)30)27-19(28)13-7-14(21(23,24)25)9-15(22)8-13/h2-9,17H,26H2,1H3,(H,27,28)(H,29,30). The van der Waals surface area contributed by atoms with E-state index in [4.69, 9.17) is 10.8 Å². The van der Waals surface area contributed by atoms with Crippen molar-refractivity contribution < 1.29 is 32.3 Å². The lowest BCUT2D eigenvalue weighted by Gasteiger charge is -2.14. The van der Waals surface area contributed by atoms with Gasteiger partial charge in [-0.25, -0.2) is 9.18 Å². The molecule has 0 aliphatic heterocycles. The van der Waals surface area contributed by atoms with E-state index in [1.165, 1.54) is 35.6 Å². The van der Waals surface area contributed by atoms with Crippen molar-refractivity contribution in [3.8, 4) is 0 Å². The van der Waals surface area contributed by atoms with Crippen molar-refractivity contribution in [1.29, 1.82) is 0 Å². The number of hydrogen-bond acceptors (Lipinski definition) is 4. The van der Waals surface area contributed by atoms with Gasteiger partial charge >= 0.3 is 12.1 Å². The number of anilines is 1. The molecule has 1 aromatic heterocycles. The van der Waals surface area contributed by atoms with Gasteiger partial charge in [-0.05, 0) is 48.9 Å². The molecule has 5 nitrogen and oxygen atoms in total. The highest BCUT2D eigenvalue weighted by molar-refractivity contribution is 7.12. The highest BCUT2D eigenvalue weighted by atomic mass is 32.1. The summed E-state index contributed by atoms with van der Waals surface area (Å²) < 4.78 is 52.4. The van der Waals surface area contributed by atoms with E-state index in [1.54, 1.807) is 13.0 Å². The molecule has 31 heavy (non-hydrogen) atoms. The minimum atomic E-state index is -4.80. The number of aromatic carboxylic acids is 1. The first kappa shape index (κ1) is 22.4. The quantitative estimate of drug-likeness (QED) is 0.463. The lowest BCUT2D eigenvalue weighted by atomic mass is 10.0. The van der Waals surface area contributed by atoms with E-state index in [1.807, 2.05) is 0 Å². The van der Waals surface area contributed by atoms with Crippen LogP contribution in [0.2, 0.25) is 0 Å². The summed E-state index contributed by atoms with van der Waals surface area (Å²) in [5.41, 5.74) is 5.46. The molecule has 1 atom stereocenters. The fourth-order valence-corrected chi connectivity index (χ4v) is 3.93. The Morgan fingerprint density at radius 1 is 1.06 bits per heavy atom. The molecule has 0 aliphatic carbocycles. The minimum absolute atomic E-state index is 0.0819. The Labute approximate surface area is 178 Å². The summed E-state index contributed by atoms with van der Waals surface area (Å²) >= 11 is 1.27. The van der Waals surface area contributed by atoms with Crippen molar-refractivity contribution in [3.63, 3.8) is 0 Å². The summed E-state index contributed by atoms with van der Waals surface area (Å²) in [6.45, 7) is 1.76. The second-order valence-electron chi connectivity index (χ2n) is 6.72. The van der Waals surface area contributed by atoms with E-state index in [2.05, 4.69) is 5.32 Å². The normalized spacial score (nSPS) is 12.5. The van der Waals surface area contributed by atoms with Gasteiger partial charge in [-0.15, -0.1) is 11.3 Å². The molecule has 1 heterocycles. The van der Waals surface area contributed by atoms with Crippen LogP contribution in [0.25, 0.3) is 0 Å². The molecule has 0 radical (unpaired) electrons. The van der Waals surface area contributed by atoms with E-state index in [-0.39, 0.29) is 11.3 Å². The summed E-state index contributed by atoms with van der Waals surface area (Å²) in [7, 11) is 0. The first-order valence-corrected chi connectivity index (χ1v) is 9.65. The lowest BCUT2D eigenvalue weighted by Crippen LogP contribution is -2.17. The highest BCUT2D eigenvalue weighted by Gasteiger charge is 2.32. The third kappa shape index (κ3) is 5.09. The van der Waals surface area contributed by atoms with Crippen LogP contribution in [0.15, 0.2) is 48.5 Å². The number of thiophene rings is 1. The zero-order chi connectivity index (χ0) is 22.9. The summed E-state index contributed by atoms with van der Waals surface area (Å²) in [6, 6.07) is 8.34. The fraction of sp³-hybridized carbons (Fsp3) is 0.143. The fourth-order valence-electron chi connectivity index (χ4n) is 2.92. The molecule has 2 aromatic carbocycles. The monoisotopic (exact) mass is 452 g/mol. The Morgan fingerprint density at radius 2 is 1.71 bits per heavy atom. The van der Waals surface area contributed by atoms with Gasteiger partial charge in [0.25, 0.3) is 5.91 Å². The number of nitrogens with one attached hydrogen (secondary N) is 1. The van der Waals surface area contributed by atoms with Crippen LogP contribution in [-0.4, -0.2) is 17.0 Å². The number of carboxylic acids is 1. The molecule has 3 aromatic rings. The number of hydrogen-bond donors (Lipinski definition) is 3. The van der Waals surface area contributed by atoms with E-state index < -0.39 is 41.0 Å². The summed E-state index contributed by atoms with van der Waals surface area (Å²) in [4.78, 5) is 24.8. The Morgan fingerprint density at radius 3 is 2.29 bits per heavy atom. The molecule has 3 rings (SSSR count). The van der Waals surface area contributed by atoms with Gasteiger partial charge in [0, 0.05) is 15.3 Å². The molecule has 0 spiro atoms. The molecule has 4 N–H and O–H groups in total. The maximum Gasteiger partial charge on any atom is 0.416 e. The summed E-state index contributed by atoms with van der Waals surface area (Å²) in [6.07, 6.45) is -4.80. The van der Waals surface area contributed by atoms with E-state index in [0.717, 1.165) is 4.88 Å². The van der Waals surface area contributed by atoms with E-state index >= 15 is 0 Å². The molecule has 0 fully saturated rings. The van der Waals surface area contributed by atoms with E-state index in [9.17, 15) is 27.2 Å². The summed E-state index contributed by atoms with van der Waals surface area (Å²) in [5.74, 6) is -3.19. The minimum Gasteiger partial charge on any atom is -0.478 e. The SMILES string of the molecule is Cc1cc(NC(=O)c2cc(F)cc(C(F)(F)F)c2)c(C(N)c2ccc(C(=O)O)cc2)s1. The Bertz CT molecular complexity index is 1140. The van der Waals surface area contributed by atoms with Gasteiger partial charge in [0.1, 0.15) is 5.82 Å². The third-order valence-electron chi connectivity index (χ3n) is 4.42. The molecule has 1 amide bonds. The predicted molar refractivity (Wildman–Crippen MR) is 108 cm³/mol. The number of alkyl halides is 3. The van der Waals surface area contributed by atoms with Gasteiger partial charge in [-0.1, -0.05) is 12.1 Å². The second kappa shape index (κ2) is 8.48. The van der Waals surface area contributed by atoms with Crippen LogP contribution >= 0.6 is 11.3 Å². The second-order valence-corrected chi connectivity index (χ2v) is 8.01. The van der Waals surface area contributed by atoms with Gasteiger partial charge in [0.05, 0.1) is 22.9 Å². The van der Waals surface area contributed by atoms with Crippen LogP contribution in [-0.2, 0) is 6.18 Å². The maximum atomic E-state index is 13.6. The Kier molecular flexibility index (Phi) is 6.14. The van der Waals surface area contributed by atoms with Gasteiger partial charge < -0.3 is 16.2 Å². The average molecular weight is 452 g/mol. The number of carbonyl (C=O) groups is 2. The number of nitrogens with two attached hydrogens (primary N) is 1. The van der Waals surface area contributed by atoms with E-state index in [0.29, 0.717) is 28.6 Å². The van der Waals surface area contributed by atoms with Crippen molar-refractivity contribution in [3.05, 3.63) is 86.4 Å². The number of halogens is 4. The molecule has 0 saturated carbocycles. The van der Waals surface area contributed by atoms with Gasteiger partial charge in [0.15, 0.2) is 0 Å². The first-order chi connectivity index (χ1) is 14.5. The Balaban J connectivity index is 1.89. The third-order valence-corrected chi connectivity index (χ3v) is 5.55. The molecule has 1 unspecified atom stereocenters. The Hall–Kier alpha value is -3.24. The van der Waals surface area contributed by atoms with Crippen LogP contribution in [0.3, 0.4) is 0 Å². The molecule has 162 valence electrons. The molecular weight excluding hydrogens is 436 g/mol. The molecule has 0 saturated heterocycles. The molecular formula is C21H16F4N2O3S. The number of benzene rings is 2. The lowest BCUT2D eigenvalue weighted by molar-refractivity contribution is -0.137. The predicted octanol–water partition coefficient (Wildman–Crippen LogP) is 5.21. The van der Waals surface area contributed by atoms with Gasteiger partial charge in [0.2, 0.25) is 0 Å². The van der Waals surface area contributed by atoms with Crippen molar-refractivity contribution in [1.82, 2.24) is 0 Å². The number of aryl methyl sites for hydroxylation is 1. The van der Waals surface area contributed by atoms with Crippen LogP contribution in [0.1, 0.15) is 47.6 Å². The van der Waals surface area contributed by atoms with Crippen molar-refractivity contribution in [2.45, 2.75) is 19.1 Å². The smallest absolute Gasteiger partial charge is 0.416 e. The number of rotatable bonds is 5. The van der Waals surface area contributed by atoms with Gasteiger partial charge in [-0.3, -0.25) is 4.79 Å². The zero-order valence-electron chi connectivity index (χ0n) is 16.0. The molecule has 0 aliphatic rings. The van der Waals surface area contributed by atoms with Crippen molar-refractivity contribution >= 4 is 28.9 Å². The average Bonchev–Trinajstić information content (AvgIpc) is 3.06. The largest absolute Gasteiger partial charge is 0.478 e. The number of carboxylic acid groups (broad SMARTS) is 1. The van der Waals surface area contributed by atoms with Crippen molar-refractivity contribution in [2.75, 3.05) is 5.32 Å².